The number of aliphatic hydroxyl groups excluding tert-OH is 1. The van der Waals surface area contributed by atoms with E-state index in [9.17, 15) is 33.9 Å². The third-order valence-corrected chi connectivity index (χ3v) is 18.3. The van der Waals surface area contributed by atoms with E-state index in [4.69, 9.17) is 4.74 Å². The largest absolute Gasteiger partial charge is 0.444 e. The van der Waals surface area contributed by atoms with Crippen molar-refractivity contribution in [1.29, 1.82) is 0 Å². The minimum Gasteiger partial charge on any atom is -0.444 e. The summed E-state index contributed by atoms with van der Waals surface area (Å²) in [5.41, 5.74) is 0. The molecule has 0 aromatic rings. The van der Waals surface area contributed by atoms with Crippen molar-refractivity contribution >= 4 is 71.1 Å². The van der Waals surface area contributed by atoms with Crippen molar-refractivity contribution in [1.82, 2.24) is 60.5 Å². The fourth-order valence-electron chi connectivity index (χ4n) is 12.5. The predicted octanol–water partition coefficient (Wildman–Crippen LogP) is 3.87. The van der Waals surface area contributed by atoms with Gasteiger partial charge in [0.15, 0.2) is 0 Å². The van der Waals surface area contributed by atoms with Crippen LogP contribution in [0.1, 0.15) is 170 Å². The Labute approximate surface area is 561 Å². The molecule has 2 saturated heterocycles. The molecule has 14 atom stereocenters. The van der Waals surface area contributed by atoms with Gasteiger partial charge in [0.1, 0.15) is 72.6 Å². The Bertz CT molecular complexity index is 2650. The Kier molecular flexibility index (Phi) is 33.2. The van der Waals surface area contributed by atoms with Gasteiger partial charge in [-0.2, -0.15) is 0 Å². The second-order valence-corrected chi connectivity index (χ2v) is 28.3. The number of nitrogens with one attached hydrogen (secondary N) is 4. The first-order chi connectivity index (χ1) is 43.6. The summed E-state index contributed by atoms with van der Waals surface area (Å²) in [6.45, 7) is 33.2. The molecule has 94 heavy (non-hydrogen) atoms. The van der Waals surface area contributed by atoms with E-state index < -0.39 is 173 Å². The Balaban J connectivity index is 3.13. The lowest BCUT2D eigenvalue weighted by atomic mass is 9.91. The van der Waals surface area contributed by atoms with E-state index >= 15 is 28.8 Å². The maximum Gasteiger partial charge on any atom is 0.410 e. The Morgan fingerprint density at radius 1 is 0.521 bits per heavy atom. The molecule has 0 aromatic heterocycles. The third kappa shape index (κ3) is 21.6. The highest BCUT2D eigenvalue weighted by molar-refractivity contribution is 6.00. The highest BCUT2D eigenvalue weighted by Gasteiger charge is 2.49. The Morgan fingerprint density at radius 2 is 0.968 bits per heavy atom. The van der Waals surface area contributed by atoms with E-state index in [0.29, 0.717) is 13.1 Å². The first-order valence-electron chi connectivity index (χ1n) is 34.0. The second kappa shape index (κ2) is 37.4. The quantitative estimate of drug-likeness (QED) is 0.129. The van der Waals surface area contributed by atoms with Crippen LogP contribution in [0.3, 0.4) is 0 Å². The van der Waals surface area contributed by atoms with Crippen molar-refractivity contribution < 1.29 is 67.4 Å². The first kappa shape index (κ1) is 83.2. The number of carbonyl (C=O) groups is 12. The van der Waals surface area contributed by atoms with E-state index in [1.54, 1.807) is 88.3 Å². The maximum atomic E-state index is 15.4. The summed E-state index contributed by atoms with van der Waals surface area (Å²) in [5, 5.41) is 23.4. The molecule has 26 heteroatoms. The van der Waals surface area contributed by atoms with Crippen LogP contribution >= 0.6 is 0 Å². The molecule has 12 amide bonds. The molecule has 0 aliphatic carbocycles. The van der Waals surface area contributed by atoms with Crippen LogP contribution in [-0.4, -0.2) is 256 Å². The molecule has 2 aliphatic rings. The van der Waals surface area contributed by atoms with Crippen LogP contribution in [0.25, 0.3) is 0 Å². The smallest absolute Gasteiger partial charge is 0.410 e. The van der Waals surface area contributed by atoms with Crippen molar-refractivity contribution in [3.63, 3.8) is 0 Å². The van der Waals surface area contributed by atoms with Crippen LogP contribution in [0, 0.1) is 41.4 Å². The number of nitrogens with zero attached hydrogens (tertiary/aromatic N) is 8. The molecule has 2 aliphatic heterocycles. The van der Waals surface area contributed by atoms with Gasteiger partial charge in [-0.1, -0.05) is 109 Å². The van der Waals surface area contributed by atoms with E-state index in [1.807, 2.05) is 41.5 Å². The Morgan fingerprint density at radius 3 is 1.44 bits per heavy atom. The number of hydrogen-bond acceptors (Lipinski definition) is 14. The molecule has 2 rings (SSSR count). The average molecular weight is 1330 g/mol. The van der Waals surface area contributed by atoms with Crippen molar-refractivity contribution in [2.45, 2.75) is 249 Å². The van der Waals surface area contributed by atoms with Gasteiger partial charge in [-0.25, -0.2) is 4.79 Å². The first-order valence-corrected chi connectivity index (χ1v) is 34.0. The van der Waals surface area contributed by atoms with Crippen LogP contribution in [0.5, 0.6) is 0 Å². The lowest BCUT2D eigenvalue weighted by Gasteiger charge is -2.41. The fourth-order valence-corrected chi connectivity index (χ4v) is 12.5. The van der Waals surface area contributed by atoms with E-state index in [1.165, 1.54) is 90.4 Å². The number of rotatable bonds is 17. The lowest BCUT2D eigenvalue weighted by Crippen LogP contribution is -2.64. The molecule has 0 radical (unpaired) electrons. The number of carbonyl (C=O) groups excluding carboxylic acids is 12. The topological polar surface area (TPSA) is 308 Å². The highest BCUT2D eigenvalue weighted by atomic mass is 16.6. The van der Waals surface area contributed by atoms with Crippen LogP contribution in [-0.2, 0) is 57.5 Å². The van der Waals surface area contributed by atoms with Crippen molar-refractivity contribution in [3.05, 3.63) is 12.2 Å². The number of fused-ring (bicyclic) bond motifs is 1. The van der Waals surface area contributed by atoms with Gasteiger partial charge >= 0.3 is 6.09 Å². The minimum absolute atomic E-state index is 0.0729. The number of amides is 12. The van der Waals surface area contributed by atoms with Gasteiger partial charge in [-0.15, -0.1) is 0 Å². The van der Waals surface area contributed by atoms with E-state index in [0.717, 1.165) is 4.90 Å². The zero-order valence-electron chi connectivity index (χ0n) is 61.4. The van der Waals surface area contributed by atoms with Crippen LogP contribution in [0.2, 0.25) is 0 Å². The minimum atomic E-state index is -1.69. The molecule has 26 nitrogen and oxygen atoms in total. The monoisotopic (exact) mass is 1330 g/mol. The van der Waals surface area contributed by atoms with Gasteiger partial charge in [0.2, 0.25) is 65.0 Å². The second-order valence-electron chi connectivity index (χ2n) is 28.3. The zero-order valence-corrected chi connectivity index (χ0v) is 61.4. The van der Waals surface area contributed by atoms with E-state index in [-0.39, 0.29) is 62.8 Å². The van der Waals surface area contributed by atoms with Crippen molar-refractivity contribution in [2.75, 3.05) is 61.9 Å². The van der Waals surface area contributed by atoms with Crippen LogP contribution in [0.15, 0.2) is 12.2 Å². The van der Waals surface area contributed by atoms with Crippen molar-refractivity contribution in [3.8, 4) is 0 Å². The third-order valence-electron chi connectivity index (χ3n) is 18.3. The predicted molar refractivity (Wildman–Crippen MR) is 359 cm³/mol. The molecule has 0 aromatic carbocycles. The van der Waals surface area contributed by atoms with Gasteiger partial charge < -0.3 is 70.3 Å². The SMILES string of the molecule is C/C=C/C[C@@H](C)[C@@H](O)[C@H]1C(=O)N[C@@H](CC)C(=O)N2CC(OC(=O)N(CC)CC)C[C@@H]2C(=O)N(C)[C@@H](C(C)C)C(=O)N[C@@H](C(C)C)C(=O)N(C)[C@@H](CC(C)C)C(=O)N[C@@H](C)C(=O)N[C@H](C)C(=O)N(C)[C@@H](CC(C)C)C(=O)N(C)[C@@H](CC(C)C)C(=O)N(C)[C@@H](C(C)C)C(=O)N1C. The molecule has 0 spiro atoms. The summed E-state index contributed by atoms with van der Waals surface area (Å²) >= 11 is 0. The summed E-state index contributed by atoms with van der Waals surface area (Å²) in [7, 11) is 8.45. The summed E-state index contributed by atoms with van der Waals surface area (Å²) < 4.78 is 5.96. The number of likely N-dealkylation sites (N-methyl/N-ethyl adjacent to an activating group) is 6. The summed E-state index contributed by atoms with van der Waals surface area (Å²) in [6.07, 6.45) is 0.623. The molecule has 0 saturated carbocycles. The van der Waals surface area contributed by atoms with Gasteiger partial charge in [-0.3, -0.25) is 52.7 Å². The van der Waals surface area contributed by atoms with Gasteiger partial charge in [-0.05, 0) is 108 Å². The molecular formula is C68H120N12O14. The molecule has 2 fully saturated rings. The van der Waals surface area contributed by atoms with Crippen LogP contribution in [0.4, 0.5) is 4.79 Å². The molecule has 2 heterocycles. The number of hydrogen-bond donors (Lipinski definition) is 5. The van der Waals surface area contributed by atoms with E-state index in [2.05, 4.69) is 21.3 Å². The summed E-state index contributed by atoms with van der Waals surface area (Å²) in [6, 6.07) is -14.4. The average Bonchev–Trinajstić information content (AvgIpc) is 1.36. The standard InChI is InChI=1S/C68H120N12O14/c1-26-30-31-43(17)56(81)55-60(85)71-47(27-2)62(87)80-36-46(94-68(93)79(28-3)29-4)35-51(80)65(90)76(23)53(41(13)14)59(84)72-52(40(11)12)66(91)73(20)48(32-37(5)6)58(83)69-44(18)57(82)70-45(19)61(86)74(21)49(33-38(7)8)63(88)75(22)50(34-39(9)10)64(89)77(24)54(42(15)16)67(92)78(55)25/h26,30,37-56,81H,27-29,31-36H2,1-25H3,(H,69,83)(H,70,82)(H,71,85)(H,72,84)/b30-26+/t43-,44+,45-,46?,47+,48+,49+,50+,51-,52+,53+,54+,55+,56-/m1/s1. The molecule has 1 unspecified atom stereocenters. The molecule has 5 N–H and O–H groups in total. The fraction of sp³-hybridized carbons (Fsp3) is 0.794. The van der Waals surface area contributed by atoms with Gasteiger partial charge in [0, 0.05) is 61.8 Å². The zero-order chi connectivity index (χ0) is 72.4. The number of allylic oxidation sites excluding steroid dienone is 2. The maximum absolute atomic E-state index is 15.4. The summed E-state index contributed by atoms with van der Waals surface area (Å²) in [5.74, 6) is -10.9. The molecule has 536 valence electrons. The Hall–Kier alpha value is -6.86. The van der Waals surface area contributed by atoms with Crippen LogP contribution < -0.4 is 21.3 Å². The lowest BCUT2D eigenvalue weighted by molar-refractivity contribution is -0.157. The summed E-state index contributed by atoms with van der Waals surface area (Å²) in [4.78, 5) is 187. The van der Waals surface area contributed by atoms with Gasteiger partial charge in [0.25, 0.3) is 0 Å². The normalized spacial score (nSPS) is 27.5. The number of aliphatic hydroxyl groups is 1. The molecular weight excluding hydrogens is 1210 g/mol. The van der Waals surface area contributed by atoms with Crippen molar-refractivity contribution in [2.24, 2.45) is 41.4 Å². The van der Waals surface area contributed by atoms with Gasteiger partial charge in [0.05, 0.1) is 12.6 Å². The number of ether oxygens (including phenoxy) is 1. The molecule has 0 bridgehead atoms. The highest BCUT2D eigenvalue weighted by Crippen LogP contribution is 2.29.